The van der Waals surface area contributed by atoms with E-state index in [1.54, 1.807) is 55.5 Å². The number of aliphatic carboxylic acids is 1. The van der Waals surface area contributed by atoms with E-state index in [2.05, 4.69) is 0 Å². The van der Waals surface area contributed by atoms with Gasteiger partial charge in [0, 0.05) is 6.42 Å². The average molecular weight is 316 g/mol. The highest BCUT2D eigenvalue weighted by molar-refractivity contribution is 5.89. The maximum absolute atomic E-state index is 11.5. The van der Waals surface area contributed by atoms with Crippen LogP contribution in [0.4, 0.5) is 0 Å². The fraction of sp³-hybridized carbons (Fsp3) is 0.222. The number of hydrogen-bond donors (Lipinski definition) is 2. The Morgan fingerprint density at radius 3 is 1.96 bits per heavy atom. The van der Waals surface area contributed by atoms with Crippen LogP contribution in [0.2, 0.25) is 0 Å². The van der Waals surface area contributed by atoms with Crippen molar-refractivity contribution in [2.75, 3.05) is 0 Å². The molecule has 1 unspecified atom stereocenters. The van der Waals surface area contributed by atoms with Gasteiger partial charge in [-0.2, -0.15) is 0 Å². The number of carbonyl (C=O) groups is 2. The number of aromatic hydroxyl groups is 1. The lowest BCUT2D eigenvalue weighted by atomic mass is 10.2. The van der Waals surface area contributed by atoms with Crippen LogP contribution in [0.3, 0.4) is 0 Å². The molecule has 0 aliphatic rings. The van der Waals surface area contributed by atoms with Gasteiger partial charge in [0.15, 0.2) is 0 Å². The van der Waals surface area contributed by atoms with Gasteiger partial charge in [-0.05, 0) is 37.6 Å². The quantitative estimate of drug-likeness (QED) is 0.825. The highest BCUT2D eigenvalue weighted by Gasteiger charge is 2.12. The minimum Gasteiger partial charge on any atom is -0.508 e. The fourth-order valence-corrected chi connectivity index (χ4v) is 1.64. The van der Waals surface area contributed by atoms with Gasteiger partial charge < -0.3 is 14.9 Å². The molecule has 0 radical (unpaired) electrons. The number of para-hydroxylation sites is 1. The molecule has 0 saturated carbocycles. The topological polar surface area (TPSA) is 83.8 Å². The summed E-state index contributed by atoms with van der Waals surface area (Å²) in [6, 6.07) is 17.3. The van der Waals surface area contributed by atoms with E-state index in [4.69, 9.17) is 14.9 Å². The molecule has 0 aromatic heterocycles. The molecule has 122 valence electrons. The third kappa shape index (κ3) is 8.26. The monoisotopic (exact) mass is 316 g/mol. The summed E-state index contributed by atoms with van der Waals surface area (Å²) >= 11 is 0. The van der Waals surface area contributed by atoms with Crippen LogP contribution in [-0.4, -0.2) is 28.3 Å². The van der Waals surface area contributed by atoms with Gasteiger partial charge in [0.25, 0.3) is 0 Å². The first kappa shape index (κ1) is 18.2. The third-order valence-corrected chi connectivity index (χ3v) is 2.84. The van der Waals surface area contributed by atoms with Crippen molar-refractivity contribution >= 4 is 11.9 Å². The molecular formula is C18H20O5. The van der Waals surface area contributed by atoms with E-state index in [1.165, 1.54) is 0 Å². The van der Waals surface area contributed by atoms with Crippen molar-refractivity contribution in [3.05, 3.63) is 66.2 Å². The molecule has 0 fully saturated rings. The lowest BCUT2D eigenvalue weighted by Gasteiger charge is -2.11. The molecule has 0 amide bonds. The molecule has 2 N–H and O–H groups in total. The summed E-state index contributed by atoms with van der Waals surface area (Å²) in [6.07, 6.45) is -0.0549. The van der Waals surface area contributed by atoms with Crippen molar-refractivity contribution in [1.29, 1.82) is 0 Å². The number of carbonyl (C=O) groups excluding carboxylic acids is 1. The summed E-state index contributed by atoms with van der Waals surface area (Å²) in [6.45, 7) is 1.68. The Kier molecular flexibility index (Phi) is 7.92. The molecule has 5 nitrogen and oxygen atoms in total. The van der Waals surface area contributed by atoms with Crippen LogP contribution in [0, 0.1) is 0 Å². The minimum absolute atomic E-state index is 0.00321. The van der Waals surface area contributed by atoms with Crippen molar-refractivity contribution in [2.24, 2.45) is 0 Å². The van der Waals surface area contributed by atoms with Gasteiger partial charge >= 0.3 is 11.9 Å². The maximum Gasteiger partial charge on any atom is 0.338 e. The Labute approximate surface area is 135 Å². The van der Waals surface area contributed by atoms with E-state index in [1.807, 2.05) is 12.1 Å². The normalized spacial score (nSPS) is 10.8. The molecule has 2 aromatic carbocycles. The van der Waals surface area contributed by atoms with E-state index < -0.39 is 11.9 Å². The zero-order chi connectivity index (χ0) is 17.1. The van der Waals surface area contributed by atoms with Crippen LogP contribution >= 0.6 is 0 Å². The molecular weight excluding hydrogens is 296 g/mol. The lowest BCUT2D eigenvalue weighted by Crippen LogP contribution is -2.16. The van der Waals surface area contributed by atoms with E-state index in [0.29, 0.717) is 17.7 Å². The van der Waals surface area contributed by atoms with Crippen LogP contribution in [0.5, 0.6) is 5.75 Å². The molecule has 1 atom stereocenters. The smallest absolute Gasteiger partial charge is 0.338 e. The predicted molar refractivity (Wildman–Crippen MR) is 86.3 cm³/mol. The van der Waals surface area contributed by atoms with Gasteiger partial charge in [0.05, 0.1) is 11.7 Å². The van der Waals surface area contributed by atoms with E-state index in [9.17, 15) is 9.59 Å². The first-order chi connectivity index (χ1) is 11.0. The molecule has 5 heteroatoms. The van der Waals surface area contributed by atoms with Gasteiger partial charge in [-0.3, -0.25) is 4.79 Å². The summed E-state index contributed by atoms with van der Waals surface area (Å²) < 4.78 is 5.08. The molecule has 2 rings (SSSR count). The number of phenols is 1. The van der Waals surface area contributed by atoms with Crippen LogP contribution in [0.1, 0.15) is 30.1 Å². The van der Waals surface area contributed by atoms with Crippen LogP contribution in [-0.2, 0) is 9.53 Å². The molecule has 0 heterocycles. The molecule has 2 aromatic rings. The summed E-state index contributed by atoms with van der Waals surface area (Å²) in [5.41, 5.74) is 0.477. The van der Waals surface area contributed by atoms with Crippen LogP contribution in [0.25, 0.3) is 0 Å². The van der Waals surface area contributed by atoms with Gasteiger partial charge in [-0.15, -0.1) is 0 Å². The fourth-order valence-electron chi connectivity index (χ4n) is 1.64. The van der Waals surface area contributed by atoms with Crippen molar-refractivity contribution < 1.29 is 24.5 Å². The average Bonchev–Trinajstić information content (AvgIpc) is 2.55. The summed E-state index contributed by atoms with van der Waals surface area (Å²) in [5.74, 6) is -0.983. The zero-order valence-electron chi connectivity index (χ0n) is 12.9. The van der Waals surface area contributed by atoms with E-state index in [0.717, 1.165) is 0 Å². The Morgan fingerprint density at radius 2 is 1.52 bits per heavy atom. The van der Waals surface area contributed by atoms with Crippen molar-refractivity contribution in [1.82, 2.24) is 0 Å². The number of phenolic OH excluding ortho intramolecular Hbond substituents is 1. The Morgan fingerprint density at radius 1 is 1.00 bits per heavy atom. The number of hydrogen-bond acceptors (Lipinski definition) is 4. The molecule has 0 spiro atoms. The minimum atomic E-state index is -0.886. The number of rotatable bonds is 5. The largest absolute Gasteiger partial charge is 0.508 e. The number of carboxylic acid groups (broad SMARTS) is 1. The van der Waals surface area contributed by atoms with E-state index in [-0.39, 0.29) is 12.5 Å². The third-order valence-electron chi connectivity index (χ3n) is 2.84. The first-order valence-corrected chi connectivity index (χ1v) is 7.21. The van der Waals surface area contributed by atoms with Gasteiger partial charge in [0.1, 0.15) is 5.75 Å². The standard InChI is InChI=1S/C12H14O4.C6H6O/c1-9(7-8-11(13)14)16-12(15)10-5-3-2-4-6-10;7-6-4-2-1-3-5-6/h2-6,9H,7-8H2,1H3,(H,13,14);1-5,7H. The molecule has 0 aliphatic heterocycles. The maximum atomic E-state index is 11.5. The molecule has 0 saturated heterocycles. The number of esters is 1. The summed E-state index contributed by atoms with van der Waals surface area (Å²) in [7, 11) is 0. The second kappa shape index (κ2) is 10.00. The zero-order valence-corrected chi connectivity index (χ0v) is 12.9. The molecule has 0 aliphatic carbocycles. The number of benzene rings is 2. The van der Waals surface area contributed by atoms with Gasteiger partial charge in [-0.25, -0.2) is 4.79 Å². The van der Waals surface area contributed by atoms with Crippen molar-refractivity contribution in [3.8, 4) is 5.75 Å². The predicted octanol–water partition coefficient (Wildman–Crippen LogP) is 3.49. The summed E-state index contributed by atoms with van der Waals surface area (Å²) in [4.78, 5) is 21.8. The Bertz CT molecular complexity index is 595. The molecule has 23 heavy (non-hydrogen) atoms. The van der Waals surface area contributed by atoms with E-state index >= 15 is 0 Å². The van der Waals surface area contributed by atoms with Crippen molar-refractivity contribution in [3.63, 3.8) is 0 Å². The van der Waals surface area contributed by atoms with Gasteiger partial charge in [-0.1, -0.05) is 36.4 Å². The number of carboxylic acids is 1. The Balaban J connectivity index is 0.000000313. The SMILES string of the molecule is CC(CCC(=O)O)OC(=O)c1ccccc1.Oc1ccccc1. The van der Waals surface area contributed by atoms with Crippen LogP contribution < -0.4 is 0 Å². The second-order valence-electron chi connectivity index (χ2n) is 4.85. The van der Waals surface area contributed by atoms with Gasteiger partial charge in [0.2, 0.25) is 0 Å². The lowest BCUT2D eigenvalue weighted by molar-refractivity contribution is -0.137. The summed E-state index contributed by atoms with van der Waals surface area (Å²) in [5, 5.41) is 17.1. The number of ether oxygens (including phenoxy) is 1. The molecule has 0 bridgehead atoms. The Hall–Kier alpha value is -2.82. The second-order valence-corrected chi connectivity index (χ2v) is 4.85. The highest BCUT2D eigenvalue weighted by Crippen LogP contribution is 2.07. The van der Waals surface area contributed by atoms with Crippen LogP contribution in [0.15, 0.2) is 60.7 Å². The first-order valence-electron chi connectivity index (χ1n) is 7.21. The highest BCUT2D eigenvalue weighted by atomic mass is 16.5. The van der Waals surface area contributed by atoms with Crippen molar-refractivity contribution in [2.45, 2.75) is 25.9 Å².